The van der Waals surface area contributed by atoms with Crippen LogP contribution in [0.2, 0.25) is 0 Å². The fraction of sp³-hybridized carbons (Fsp3) is 0.417. The zero-order valence-electron chi connectivity index (χ0n) is 10.6. The number of rotatable bonds is 4. The van der Waals surface area contributed by atoms with Crippen LogP contribution in [0, 0.1) is 10.1 Å². The first-order valence-electron chi connectivity index (χ1n) is 5.83. The van der Waals surface area contributed by atoms with Crippen LogP contribution in [0.15, 0.2) is 16.6 Å². The zero-order chi connectivity index (χ0) is 14.7. The van der Waals surface area contributed by atoms with Gasteiger partial charge >= 0.3 is 5.97 Å². The van der Waals surface area contributed by atoms with Crippen molar-refractivity contribution in [2.45, 2.75) is 12.5 Å². The van der Waals surface area contributed by atoms with Crippen molar-refractivity contribution in [3.63, 3.8) is 0 Å². The summed E-state index contributed by atoms with van der Waals surface area (Å²) in [6.45, 7) is 1.07. The van der Waals surface area contributed by atoms with Crippen molar-refractivity contribution in [3.05, 3.63) is 32.3 Å². The Labute approximate surface area is 123 Å². The summed E-state index contributed by atoms with van der Waals surface area (Å²) in [6, 6.07) is 2.55. The normalized spacial score (nSPS) is 17.8. The highest BCUT2D eigenvalue weighted by Crippen LogP contribution is 2.34. The van der Waals surface area contributed by atoms with Gasteiger partial charge in [-0.2, -0.15) is 0 Å². The van der Waals surface area contributed by atoms with E-state index >= 15 is 0 Å². The van der Waals surface area contributed by atoms with Crippen molar-refractivity contribution in [2.75, 3.05) is 20.3 Å². The van der Waals surface area contributed by atoms with Gasteiger partial charge in [-0.3, -0.25) is 10.1 Å². The van der Waals surface area contributed by atoms with E-state index in [9.17, 15) is 14.9 Å². The second kappa shape index (κ2) is 6.19. The van der Waals surface area contributed by atoms with Crippen LogP contribution < -0.4 is 4.74 Å². The molecular formula is C12H12BrNO6. The van der Waals surface area contributed by atoms with E-state index in [0.29, 0.717) is 23.4 Å². The molecule has 0 N–H and O–H groups in total. The van der Waals surface area contributed by atoms with Gasteiger partial charge in [0.15, 0.2) is 0 Å². The molecule has 7 nitrogen and oxygen atoms in total. The lowest BCUT2D eigenvalue weighted by Crippen LogP contribution is -2.16. The number of benzene rings is 1. The number of carbonyl (C=O) groups is 1. The standard InChI is InChI=1S/C12H12BrNO6/c1-18-12(15)8-4-11(20-7-2-3-19-6-7)9(13)5-10(8)14(16)17/h4-5,7H,2-3,6H2,1H3. The fourth-order valence-corrected chi connectivity index (χ4v) is 2.27. The molecule has 1 saturated heterocycles. The molecule has 0 aliphatic carbocycles. The summed E-state index contributed by atoms with van der Waals surface area (Å²) in [4.78, 5) is 21.9. The second-order valence-electron chi connectivity index (χ2n) is 4.15. The summed E-state index contributed by atoms with van der Waals surface area (Å²) in [5, 5.41) is 11.0. The summed E-state index contributed by atoms with van der Waals surface area (Å²) < 4.78 is 15.8. The van der Waals surface area contributed by atoms with Gasteiger partial charge in [0.1, 0.15) is 17.4 Å². The Kier molecular flexibility index (Phi) is 4.56. The molecule has 1 atom stereocenters. The number of ether oxygens (including phenoxy) is 3. The van der Waals surface area contributed by atoms with E-state index in [4.69, 9.17) is 9.47 Å². The molecule has 108 valence electrons. The van der Waals surface area contributed by atoms with Gasteiger partial charge in [-0.25, -0.2) is 4.79 Å². The quantitative estimate of drug-likeness (QED) is 0.472. The van der Waals surface area contributed by atoms with Crippen LogP contribution in [0.25, 0.3) is 0 Å². The summed E-state index contributed by atoms with van der Waals surface area (Å²) >= 11 is 3.21. The van der Waals surface area contributed by atoms with Gasteiger partial charge in [0, 0.05) is 18.6 Å². The van der Waals surface area contributed by atoms with Crippen LogP contribution in [0.1, 0.15) is 16.8 Å². The van der Waals surface area contributed by atoms with Gasteiger partial charge in [-0.15, -0.1) is 0 Å². The van der Waals surface area contributed by atoms with Crippen molar-refractivity contribution in [1.82, 2.24) is 0 Å². The van der Waals surface area contributed by atoms with Crippen molar-refractivity contribution in [3.8, 4) is 5.75 Å². The van der Waals surface area contributed by atoms with Crippen LogP contribution in [0.5, 0.6) is 5.75 Å². The summed E-state index contributed by atoms with van der Waals surface area (Å²) in [5.74, 6) is -0.428. The lowest BCUT2D eigenvalue weighted by Gasteiger charge is -2.14. The molecular weight excluding hydrogens is 334 g/mol. The molecule has 0 radical (unpaired) electrons. The zero-order valence-corrected chi connectivity index (χ0v) is 12.2. The van der Waals surface area contributed by atoms with Crippen molar-refractivity contribution in [2.24, 2.45) is 0 Å². The highest BCUT2D eigenvalue weighted by Gasteiger charge is 2.26. The molecule has 1 aliphatic heterocycles. The van der Waals surface area contributed by atoms with Crippen LogP contribution in [0.4, 0.5) is 5.69 Å². The largest absolute Gasteiger partial charge is 0.487 e. The second-order valence-corrected chi connectivity index (χ2v) is 5.01. The number of esters is 1. The number of halogens is 1. The number of nitro groups is 1. The van der Waals surface area contributed by atoms with E-state index in [-0.39, 0.29) is 17.4 Å². The van der Waals surface area contributed by atoms with E-state index in [2.05, 4.69) is 20.7 Å². The first-order valence-corrected chi connectivity index (χ1v) is 6.63. The highest BCUT2D eigenvalue weighted by molar-refractivity contribution is 9.10. The van der Waals surface area contributed by atoms with Crippen LogP contribution in [-0.4, -0.2) is 37.3 Å². The number of carbonyl (C=O) groups excluding carboxylic acids is 1. The first kappa shape index (κ1) is 14.7. The Balaban J connectivity index is 2.37. The molecule has 0 spiro atoms. The van der Waals surface area contributed by atoms with Crippen molar-refractivity contribution >= 4 is 27.6 Å². The molecule has 1 aromatic rings. The molecule has 0 amide bonds. The van der Waals surface area contributed by atoms with Crippen molar-refractivity contribution in [1.29, 1.82) is 0 Å². The monoisotopic (exact) mass is 345 g/mol. The van der Waals surface area contributed by atoms with E-state index in [1.54, 1.807) is 0 Å². The van der Waals surface area contributed by atoms with Gasteiger partial charge in [0.25, 0.3) is 5.69 Å². The minimum absolute atomic E-state index is 0.127. The van der Waals surface area contributed by atoms with E-state index < -0.39 is 10.9 Å². The number of nitro benzene ring substituents is 1. The summed E-state index contributed by atoms with van der Waals surface area (Å²) in [5.41, 5.74) is -0.478. The lowest BCUT2D eigenvalue weighted by atomic mass is 10.1. The van der Waals surface area contributed by atoms with Gasteiger partial charge in [0.05, 0.1) is 29.7 Å². The highest BCUT2D eigenvalue weighted by atomic mass is 79.9. The Morgan fingerprint density at radius 3 is 2.85 bits per heavy atom. The molecule has 1 fully saturated rings. The van der Waals surface area contributed by atoms with Crippen LogP contribution >= 0.6 is 15.9 Å². The smallest absolute Gasteiger partial charge is 0.345 e. The minimum atomic E-state index is -0.781. The third-order valence-electron chi connectivity index (χ3n) is 2.83. The topological polar surface area (TPSA) is 87.9 Å². The fourth-order valence-electron chi connectivity index (χ4n) is 1.84. The third kappa shape index (κ3) is 3.07. The van der Waals surface area contributed by atoms with Gasteiger partial charge < -0.3 is 14.2 Å². The predicted molar refractivity (Wildman–Crippen MR) is 72.0 cm³/mol. The Morgan fingerprint density at radius 2 is 2.30 bits per heavy atom. The average molecular weight is 346 g/mol. The van der Waals surface area contributed by atoms with E-state index in [1.165, 1.54) is 19.2 Å². The summed E-state index contributed by atoms with van der Waals surface area (Å²) in [7, 11) is 1.17. The third-order valence-corrected chi connectivity index (χ3v) is 3.45. The van der Waals surface area contributed by atoms with Gasteiger partial charge in [-0.1, -0.05) is 0 Å². The molecule has 20 heavy (non-hydrogen) atoms. The van der Waals surface area contributed by atoms with Gasteiger partial charge in [-0.05, 0) is 15.9 Å². The van der Waals surface area contributed by atoms with Crippen LogP contribution in [0.3, 0.4) is 0 Å². The number of hydrogen-bond acceptors (Lipinski definition) is 6. The maximum absolute atomic E-state index is 11.6. The van der Waals surface area contributed by atoms with Crippen molar-refractivity contribution < 1.29 is 23.9 Å². The van der Waals surface area contributed by atoms with Crippen LogP contribution in [-0.2, 0) is 9.47 Å². The Bertz CT molecular complexity index is 541. The molecule has 0 saturated carbocycles. The maximum Gasteiger partial charge on any atom is 0.345 e. The Morgan fingerprint density at radius 1 is 1.55 bits per heavy atom. The average Bonchev–Trinajstić information content (AvgIpc) is 2.92. The molecule has 8 heteroatoms. The molecule has 0 bridgehead atoms. The Hall–Kier alpha value is -1.67. The minimum Gasteiger partial charge on any atom is -0.487 e. The summed E-state index contributed by atoms with van der Waals surface area (Å²) in [6.07, 6.45) is 0.607. The first-order chi connectivity index (χ1) is 9.52. The van der Waals surface area contributed by atoms with Gasteiger partial charge in [0.2, 0.25) is 0 Å². The SMILES string of the molecule is COC(=O)c1cc(OC2CCOC2)c(Br)cc1[N+](=O)[O-]. The molecule has 1 heterocycles. The van der Waals surface area contributed by atoms with E-state index in [0.717, 1.165) is 6.42 Å². The molecule has 1 unspecified atom stereocenters. The maximum atomic E-state index is 11.6. The molecule has 0 aromatic heterocycles. The number of hydrogen-bond donors (Lipinski definition) is 0. The lowest BCUT2D eigenvalue weighted by molar-refractivity contribution is -0.385. The number of nitrogens with zero attached hydrogens (tertiary/aromatic N) is 1. The predicted octanol–water partition coefficient (Wildman–Crippen LogP) is 2.31. The number of methoxy groups -OCH3 is 1. The van der Waals surface area contributed by atoms with E-state index in [1.807, 2.05) is 0 Å². The molecule has 1 aromatic carbocycles. The molecule has 2 rings (SSSR count). The molecule has 1 aliphatic rings.